The van der Waals surface area contributed by atoms with Crippen LogP contribution in [0.1, 0.15) is 6.23 Å². The molecule has 0 amide bonds. The maximum atomic E-state index is 11.6. The average Bonchev–Trinajstić information content (AvgIpc) is 2.94. The number of imidazole rings is 1. The minimum absolute atomic E-state index is 0.196. The largest absolute Gasteiger partial charge is 0.393 e. The second kappa shape index (κ2) is 4.23. The van der Waals surface area contributed by atoms with Crippen LogP contribution in [0.2, 0.25) is 0 Å². The van der Waals surface area contributed by atoms with E-state index in [0.717, 1.165) is 0 Å². The Bertz CT molecular complexity index is 642. The summed E-state index contributed by atoms with van der Waals surface area (Å²) in [6, 6.07) is 0. The van der Waals surface area contributed by atoms with E-state index in [1.807, 2.05) is 0 Å². The van der Waals surface area contributed by atoms with Crippen molar-refractivity contribution in [2.75, 3.05) is 12.3 Å². The molecule has 0 aliphatic carbocycles. The van der Waals surface area contributed by atoms with E-state index in [1.54, 1.807) is 0 Å². The molecule has 0 aromatic carbocycles. The lowest BCUT2D eigenvalue weighted by Crippen LogP contribution is -2.27. The highest BCUT2D eigenvalue weighted by Crippen LogP contribution is 2.29. The molecular weight excluding hydrogens is 254 g/mol. The molecular formula is C10H11N5O4. The summed E-state index contributed by atoms with van der Waals surface area (Å²) in [5.74, 6) is -0.377. The zero-order valence-corrected chi connectivity index (χ0v) is 9.67. The molecule has 9 heteroatoms. The van der Waals surface area contributed by atoms with E-state index >= 15 is 0 Å². The van der Waals surface area contributed by atoms with Crippen LogP contribution in [0.25, 0.3) is 11.2 Å². The minimum atomic E-state index is -1.38. The van der Waals surface area contributed by atoms with Crippen LogP contribution in [0.4, 0.5) is 5.82 Å². The highest BCUT2D eigenvalue weighted by atomic mass is 16.6. The number of Topliss-reactive ketones (excluding diaryl/α,β-unsaturated/α-hetero) is 1. The van der Waals surface area contributed by atoms with E-state index in [2.05, 4.69) is 15.0 Å². The van der Waals surface area contributed by atoms with Gasteiger partial charge >= 0.3 is 0 Å². The Labute approximate surface area is 106 Å². The van der Waals surface area contributed by atoms with Crippen molar-refractivity contribution >= 4 is 22.8 Å². The summed E-state index contributed by atoms with van der Waals surface area (Å²) in [6.07, 6.45) is -0.801. The standard InChI is InChI=1S/C10H11N5O4/c11-8-5-9(13-2-12-8)15(3-14-5)10-7(18)6(17)4(1-16)19-10/h2-4,7,10,16,18H,1H2,(H2,11,12,13)/t4-,7+,10-/m0/s1. The molecule has 3 atom stereocenters. The number of hydrogen-bond acceptors (Lipinski definition) is 8. The monoisotopic (exact) mass is 265 g/mol. The Morgan fingerprint density at radius 3 is 2.89 bits per heavy atom. The smallest absolute Gasteiger partial charge is 0.197 e. The van der Waals surface area contributed by atoms with Crippen molar-refractivity contribution < 1.29 is 19.7 Å². The topological polar surface area (TPSA) is 136 Å². The fourth-order valence-corrected chi connectivity index (χ4v) is 2.05. The van der Waals surface area contributed by atoms with Crippen LogP contribution in [-0.2, 0) is 9.53 Å². The van der Waals surface area contributed by atoms with Gasteiger partial charge in [0.1, 0.15) is 17.9 Å². The van der Waals surface area contributed by atoms with Gasteiger partial charge in [0.05, 0.1) is 12.9 Å². The number of anilines is 1. The summed E-state index contributed by atoms with van der Waals surface area (Å²) in [5, 5.41) is 18.9. The number of carbonyl (C=O) groups is 1. The molecule has 1 aliphatic heterocycles. The van der Waals surface area contributed by atoms with Gasteiger partial charge in [-0.05, 0) is 0 Å². The number of carbonyl (C=O) groups excluding carboxylic acids is 1. The molecule has 19 heavy (non-hydrogen) atoms. The zero-order valence-electron chi connectivity index (χ0n) is 9.67. The van der Waals surface area contributed by atoms with E-state index in [9.17, 15) is 9.90 Å². The number of ketones is 1. The molecule has 1 fully saturated rings. The van der Waals surface area contributed by atoms with Crippen molar-refractivity contribution in [3.8, 4) is 0 Å². The van der Waals surface area contributed by atoms with Crippen LogP contribution in [0.15, 0.2) is 12.7 Å². The summed E-state index contributed by atoms with van der Waals surface area (Å²) in [5.41, 5.74) is 6.36. The molecule has 3 heterocycles. The number of nitrogen functional groups attached to an aromatic ring is 1. The van der Waals surface area contributed by atoms with Crippen LogP contribution in [-0.4, -0.2) is 54.3 Å². The number of aliphatic hydroxyl groups excluding tert-OH is 2. The molecule has 0 saturated carbocycles. The molecule has 0 bridgehead atoms. The third kappa shape index (κ3) is 1.67. The Kier molecular flexibility index (Phi) is 2.66. The van der Waals surface area contributed by atoms with Gasteiger partial charge in [0.25, 0.3) is 0 Å². The lowest BCUT2D eigenvalue weighted by molar-refractivity contribution is -0.128. The van der Waals surface area contributed by atoms with Crippen molar-refractivity contribution in [2.24, 2.45) is 0 Å². The maximum Gasteiger partial charge on any atom is 0.197 e. The van der Waals surface area contributed by atoms with Crippen LogP contribution in [0, 0.1) is 0 Å². The molecule has 100 valence electrons. The van der Waals surface area contributed by atoms with Gasteiger partial charge in [-0.3, -0.25) is 9.36 Å². The van der Waals surface area contributed by atoms with Gasteiger partial charge < -0.3 is 20.7 Å². The highest BCUT2D eigenvalue weighted by molar-refractivity contribution is 5.89. The van der Waals surface area contributed by atoms with Crippen LogP contribution in [0.3, 0.4) is 0 Å². The second-order valence-corrected chi connectivity index (χ2v) is 4.13. The van der Waals surface area contributed by atoms with Crippen molar-refractivity contribution in [1.82, 2.24) is 19.5 Å². The number of aliphatic hydroxyl groups is 2. The van der Waals surface area contributed by atoms with Crippen molar-refractivity contribution in [2.45, 2.75) is 18.4 Å². The van der Waals surface area contributed by atoms with Crippen LogP contribution >= 0.6 is 0 Å². The first-order valence-corrected chi connectivity index (χ1v) is 5.54. The third-order valence-electron chi connectivity index (χ3n) is 3.01. The van der Waals surface area contributed by atoms with Crippen molar-refractivity contribution in [3.63, 3.8) is 0 Å². The Balaban J connectivity index is 2.06. The molecule has 9 nitrogen and oxygen atoms in total. The van der Waals surface area contributed by atoms with Gasteiger partial charge in [-0.25, -0.2) is 15.0 Å². The SMILES string of the molecule is Nc1ncnc2c1ncn2[C@H]1O[C@@H](CO)C(=O)[C@H]1O. The minimum Gasteiger partial charge on any atom is -0.393 e. The predicted molar refractivity (Wildman–Crippen MR) is 61.7 cm³/mol. The van der Waals surface area contributed by atoms with Gasteiger partial charge in [-0.1, -0.05) is 0 Å². The molecule has 1 aliphatic rings. The van der Waals surface area contributed by atoms with E-state index in [4.69, 9.17) is 15.6 Å². The fraction of sp³-hybridized carbons (Fsp3) is 0.400. The highest BCUT2D eigenvalue weighted by Gasteiger charge is 2.43. The molecule has 2 aromatic heterocycles. The molecule has 3 rings (SSSR count). The van der Waals surface area contributed by atoms with E-state index < -0.39 is 30.8 Å². The summed E-state index contributed by atoms with van der Waals surface area (Å²) in [4.78, 5) is 23.4. The third-order valence-corrected chi connectivity index (χ3v) is 3.01. The van der Waals surface area contributed by atoms with Crippen LogP contribution in [0.5, 0.6) is 0 Å². The average molecular weight is 265 g/mol. The number of nitrogens with two attached hydrogens (primary N) is 1. The van der Waals surface area contributed by atoms with Gasteiger partial charge in [0.15, 0.2) is 29.6 Å². The second-order valence-electron chi connectivity index (χ2n) is 4.13. The normalized spacial score (nSPS) is 27.3. The van der Waals surface area contributed by atoms with Crippen LogP contribution < -0.4 is 5.73 Å². The number of aromatic nitrogens is 4. The molecule has 1 saturated heterocycles. The van der Waals surface area contributed by atoms with Gasteiger partial charge in [-0.15, -0.1) is 0 Å². The number of rotatable bonds is 2. The number of hydrogen-bond donors (Lipinski definition) is 3. The maximum absolute atomic E-state index is 11.6. The Morgan fingerprint density at radius 1 is 1.42 bits per heavy atom. The van der Waals surface area contributed by atoms with E-state index in [-0.39, 0.29) is 5.82 Å². The summed E-state index contributed by atoms with van der Waals surface area (Å²) in [6.45, 7) is -0.490. The molecule has 4 N–H and O–H groups in total. The zero-order chi connectivity index (χ0) is 13.6. The lowest BCUT2D eigenvalue weighted by atomic mass is 10.2. The first kappa shape index (κ1) is 12.0. The van der Waals surface area contributed by atoms with Crippen molar-refractivity contribution in [1.29, 1.82) is 0 Å². The Morgan fingerprint density at radius 2 is 2.21 bits per heavy atom. The molecule has 2 aromatic rings. The number of ether oxygens (including phenoxy) is 1. The quantitative estimate of drug-likeness (QED) is 0.580. The fourth-order valence-electron chi connectivity index (χ4n) is 2.05. The lowest BCUT2D eigenvalue weighted by Gasteiger charge is -2.14. The summed E-state index contributed by atoms with van der Waals surface area (Å²) < 4.78 is 6.69. The summed E-state index contributed by atoms with van der Waals surface area (Å²) in [7, 11) is 0. The molecule has 0 unspecified atom stereocenters. The van der Waals surface area contributed by atoms with E-state index in [0.29, 0.717) is 11.2 Å². The van der Waals surface area contributed by atoms with Gasteiger partial charge in [0.2, 0.25) is 0 Å². The number of nitrogens with zero attached hydrogens (tertiary/aromatic N) is 4. The molecule has 0 radical (unpaired) electrons. The Hall–Kier alpha value is -2.10. The first-order valence-electron chi connectivity index (χ1n) is 5.54. The summed E-state index contributed by atoms with van der Waals surface area (Å²) >= 11 is 0. The number of fused-ring (bicyclic) bond motifs is 1. The van der Waals surface area contributed by atoms with E-state index in [1.165, 1.54) is 17.2 Å². The van der Waals surface area contributed by atoms with Gasteiger partial charge in [0, 0.05) is 0 Å². The van der Waals surface area contributed by atoms with Crippen molar-refractivity contribution in [3.05, 3.63) is 12.7 Å². The molecule has 0 spiro atoms. The van der Waals surface area contributed by atoms with Gasteiger partial charge in [-0.2, -0.15) is 0 Å². The first-order chi connectivity index (χ1) is 9.13. The predicted octanol–water partition coefficient (Wildman–Crippen LogP) is -1.77.